The zero-order chi connectivity index (χ0) is 27.8. The Morgan fingerprint density at radius 1 is 1.13 bits per heavy atom. The molecule has 2 aliphatic rings. The van der Waals surface area contributed by atoms with Gasteiger partial charge in [0, 0.05) is 70.3 Å². The summed E-state index contributed by atoms with van der Waals surface area (Å²) in [4.78, 5) is 13.4. The van der Waals surface area contributed by atoms with Crippen molar-refractivity contribution in [2.75, 3.05) is 56.4 Å². The highest BCUT2D eigenvalue weighted by molar-refractivity contribution is 5.52. The fourth-order valence-electron chi connectivity index (χ4n) is 5.51. The second kappa shape index (κ2) is 13.8. The van der Waals surface area contributed by atoms with Gasteiger partial charge in [-0.3, -0.25) is 0 Å². The number of hydrogen-bond acceptors (Lipinski definition) is 9. The van der Waals surface area contributed by atoms with Crippen LogP contribution in [0.1, 0.15) is 40.0 Å². The van der Waals surface area contributed by atoms with E-state index in [1.165, 1.54) is 6.07 Å². The van der Waals surface area contributed by atoms with Crippen molar-refractivity contribution in [3.63, 3.8) is 0 Å². The van der Waals surface area contributed by atoms with Gasteiger partial charge in [-0.1, -0.05) is 13.8 Å². The number of nitriles is 1. The number of halogens is 1. The van der Waals surface area contributed by atoms with E-state index in [0.29, 0.717) is 69.0 Å². The molecule has 0 aliphatic carbocycles. The highest BCUT2D eigenvalue weighted by Crippen LogP contribution is 2.33. The molecule has 2 aliphatic heterocycles. The summed E-state index contributed by atoms with van der Waals surface area (Å²) in [5.74, 6) is 1.94. The van der Waals surface area contributed by atoms with E-state index < -0.39 is 0 Å². The van der Waals surface area contributed by atoms with Crippen molar-refractivity contribution in [3.05, 3.63) is 36.4 Å². The molecule has 0 N–H and O–H groups in total. The van der Waals surface area contributed by atoms with Crippen LogP contribution >= 0.6 is 0 Å². The molecule has 5 unspecified atom stereocenters. The molecule has 10 heteroatoms. The third-order valence-corrected chi connectivity index (χ3v) is 7.67. The minimum Gasteiger partial charge on any atom is -0.494 e. The van der Waals surface area contributed by atoms with Crippen molar-refractivity contribution >= 4 is 11.5 Å². The van der Waals surface area contributed by atoms with Crippen molar-refractivity contribution in [2.24, 2.45) is 11.8 Å². The van der Waals surface area contributed by atoms with E-state index in [0.717, 1.165) is 12.8 Å². The molecule has 0 saturated carbocycles. The molecule has 0 radical (unpaired) electrons. The predicted octanol–water partition coefficient (Wildman–Crippen LogP) is 4.47. The molecular weight excluding hydrogens is 501 g/mol. The number of ether oxygens (including phenoxy) is 4. The van der Waals surface area contributed by atoms with E-state index >= 15 is 0 Å². The Balaban J connectivity index is 1.36. The van der Waals surface area contributed by atoms with E-state index in [1.54, 1.807) is 31.6 Å². The van der Waals surface area contributed by atoms with Gasteiger partial charge in [-0.15, -0.1) is 0 Å². The van der Waals surface area contributed by atoms with Crippen molar-refractivity contribution < 1.29 is 23.3 Å². The lowest BCUT2D eigenvalue weighted by molar-refractivity contribution is 0.0271. The smallest absolute Gasteiger partial charge is 0.232 e. The molecule has 39 heavy (non-hydrogen) atoms. The molecule has 9 nitrogen and oxygen atoms in total. The summed E-state index contributed by atoms with van der Waals surface area (Å²) in [6.07, 6.45) is 5.29. The molecule has 4 rings (SSSR count). The summed E-state index contributed by atoms with van der Waals surface area (Å²) < 4.78 is 37.6. The third-order valence-electron chi connectivity index (χ3n) is 7.67. The van der Waals surface area contributed by atoms with Crippen molar-refractivity contribution in [1.29, 1.82) is 5.26 Å². The van der Waals surface area contributed by atoms with Gasteiger partial charge in [0.25, 0.3) is 0 Å². The van der Waals surface area contributed by atoms with Gasteiger partial charge in [-0.25, -0.2) is 14.4 Å². The van der Waals surface area contributed by atoms with Gasteiger partial charge >= 0.3 is 0 Å². The number of methoxy groups -OCH3 is 1. The van der Waals surface area contributed by atoms with Crippen LogP contribution < -0.4 is 19.3 Å². The van der Waals surface area contributed by atoms with E-state index in [9.17, 15) is 9.65 Å². The van der Waals surface area contributed by atoms with Crippen LogP contribution in [0.5, 0.6) is 11.6 Å². The largest absolute Gasteiger partial charge is 0.494 e. The van der Waals surface area contributed by atoms with Crippen molar-refractivity contribution in [3.8, 4) is 17.7 Å². The van der Waals surface area contributed by atoms with Crippen LogP contribution in [-0.4, -0.2) is 74.8 Å². The standard InChI is InChI=1S/C29H40FN5O4/c1-5-37-22-7-8-23(30)25(15-22)34-12-10-26(20(2)18-34)39-29-17-32-28(16-33-29)35-19-27(38-14-6-13-36-4)21(3)24(35)9-11-31/h7-8,15-17,20-21,24,26-27H,5-6,9-10,12-14,18-19H2,1-4H3. The fraction of sp³-hybridized carbons (Fsp3) is 0.621. The van der Waals surface area contributed by atoms with Crippen LogP contribution in [0.15, 0.2) is 30.6 Å². The average molecular weight is 542 g/mol. The van der Waals surface area contributed by atoms with Crippen LogP contribution in [0.4, 0.5) is 15.9 Å². The normalized spacial score (nSPS) is 25.0. The van der Waals surface area contributed by atoms with Gasteiger partial charge in [-0.2, -0.15) is 5.26 Å². The zero-order valence-corrected chi connectivity index (χ0v) is 23.4. The Kier molecular flexibility index (Phi) is 10.2. The molecular formula is C29H40FN5O4. The van der Waals surface area contributed by atoms with Crippen LogP contribution in [0.2, 0.25) is 0 Å². The quantitative estimate of drug-likeness (QED) is 0.361. The molecule has 5 atom stereocenters. The fourth-order valence-corrected chi connectivity index (χ4v) is 5.51. The lowest BCUT2D eigenvalue weighted by Crippen LogP contribution is -2.44. The number of benzene rings is 1. The zero-order valence-electron chi connectivity index (χ0n) is 23.4. The lowest BCUT2D eigenvalue weighted by atomic mass is 9.96. The maximum Gasteiger partial charge on any atom is 0.232 e. The highest BCUT2D eigenvalue weighted by Gasteiger charge is 2.40. The maximum atomic E-state index is 14.6. The molecule has 1 aromatic heterocycles. The van der Waals surface area contributed by atoms with Crippen LogP contribution in [0, 0.1) is 29.0 Å². The van der Waals surface area contributed by atoms with Gasteiger partial charge in [0.2, 0.25) is 5.88 Å². The topological polar surface area (TPSA) is 93.0 Å². The van der Waals surface area contributed by atoms with E-state index in [-0.39, 0.29) is 35.9 Å². The molecule has 0 bridgehead atoms. The molecule has 3 heterocycles. The monoisotopic (exact) mass is 541 g/mol. The highest BCUT2D eigenvalue weighted by atomic mass is 19.1. The SMILES string of the molecule is CCOc1ccc(F)c(N2CCC(Oc3cnc(N4CC(OCCCOC)C(C)C4CC#N)cn3)C(C)C2)c1. The van der Waals surface area contributed by atoms with Crippen molar-refractivity contribution in [2.45, 2.75) is 58.3 Å². The summed E-state index contributed by atoms with van der Waals surface area (Å²) in [7, 11) is 1.68. The van der Waals surface area contributed by atoms with Crippen molar-refractivity contribution in [1.82, 2.24) is 9.97 Å². The Labute approximate surface area is 230 Å². The Morgan fingerprint density at radius 2 is 1.97 bits per heavy atom. The van der Waals surface area contributed by atoms with Crippen LogP contribution in [0.25, 0.3) is 0 Å². The molecule has 2 aromatic rings. The third kappa shape index (κ3) is 7.08. The van der Waals surface area contributed by atoms with Gasteiger partial charge in [-0.05, 0) is 25.5 Å². The summed E-state index contributed by atoms with van der Waals surface area (Å²) in [6, 6.07) is 7.21. The summed E-state index contributed by atoms with van der Waals surface area (Å²) in [6.45, 7) is 9.95. The number of piperidine rings is 1. The Bertz CT molecular complexity index is 1100. The summed E-state index contributed by atoms with van der Waals surface area (Å²) in [5.41, 5.74) is 0.558. The second-order valence-corrected chi connectivity index (χ2v) is 10.3. The van der Waals surface area contributed by atoms with Gasteiger partial charge < -0.3 is 28.7 Å². The van der Waals surface area contributed by atoms with Crippen LogP contribution in [0.3, 0.4) is 0 Å². The molecule has 0 amide bonds. The number of nitrogens with zero attached hydrogens (tertiary/aromatic N) is 5. The average Bonchev–Trinajstić information content (AvgIpc) is 3.24. The maximum absolute atomic E-state index is 14.6. The van der Waals surface area contributed by atoms with E-state index in [4.69, 9.17) is 18.9 Å². The van der Waals surface area contributed by atoms with E-state index in [2.05, 4.69) is 39.7 Å². The molecule has 0 spiro atoms. The Hall–Kier alpha value is -3.16. The lowest BCUT2D eigenvalue weighted by Gasteiger charge is -2.38. The summed E-state index contributed by atoms with van der Waals surface area (Å²) in [5, 5.41) is 9.42. The minimum atomic E-state index is -0.250. The molecule has 212 valence electrons. The van der Waals surface area contributed by atoms with Gasteiger partial charge in [0.05, 0.1) is 43.3 Å². The second-order valence-electron chi connectivity index (χ2n) is 10.3. The molecule has 1 aromatic carbocycles. The van der Waals surface area contributed by atoms with Gasteiger partial charge in [0.15, 0.2) is 0 Å². The predicted molar refractivity (Wildman–Crippen MR) is 147 cm³/mol. The molecule has 2 saturated heterocycles. The first kappa shape index (κ1) is 28.8. The van der Waals surface area contributed by atoms with Crippen LogP contribution in [-0.2, 0) is 9.47 Å². The minimum absolute atomic E-state index is 0.00877. The first-order chi connectivity index (χ1) is 18.9. The summed E-state index contributed by atoms with van der Waals surface area (Å²) >= 11 is 0. The number of hydrogen-bond donors (Lipinski definition) is 0. The Morgan fingerprint density at radius 3 is 2.67 bits per heavy atom. The molecule has 2 fully saturated rings. The number of rotatable bonds is 12. The number of anilines is 2. The van der Waals surface area contributed by atoms with E-state index in [1.807, 2.05) is 6.92 Å². The first-order valence-electron chi connectivity index (χ1n) is 13.8. The first-order valence-corrected chi connectivity index (χ1v) is 13.8. The van der Waals surface area contributed by atoms with Gasteiger partial charge in [0.1, 0.15) is 23.5 Å². The number of aromatic nitrogens is 2.